The lowest BCUT2D eigenvalue weighted by molar-refractivity contribution is 0.403. The van der Waals surface area contributed by atoms with E-state index in [1.165, 1.54) is 17.9 Å². The van der Waals surface area contributed by atoms with Gasteiger partial charge in [-0.1, -0.05) is 11.6 Å². The van der Waals surface area contributed by atoms with Crippen LogP contribution in [0.3, 0.4) is 0 Å². The Hall–Kier alpha value is -1.20. The topological polar surface area (TPSA) is 47.9 Å². The van der Waals surface area contributed by atoms with Gasteiger partial charge in [0.1, 0.15) is 11.5 Å². The van der Waals surface area contributed by atoms with Crippen molar-refractivity contribution in [2.75, 3.05) is 7.11 Å². The second kappa shape index (κ2) is 4.12. The van der Waals surface area contributed by atoms with Crippen molar-refractivity contribution < 1.29 is 4.74 Å². The molecule has 0 aliphatic heterocycles. The Labute approximate surface area is 96.1 Å². The number of halogens is 1. The van der Waals surface area contributed by atoms with Crippen LogP contribution in [0, 0.1) is 6.92 Å². The van der Waals surface area contributed by atoms with Crippen LogP contribution in [0.4, 0.5) is 0 Å². The van der Waals surface area contributed by atoms with E-state index in [0.717, 1.165) is 16.1 Å². The van der Waals surface area contributed by atoms with Gasteiger partial charge < -0.3 is 4.74 Å². The van der Waals surface area contributed by atoms with Gasteiger partial charge >= 0.3 is 0 Å². The molecule has 0 atom stereocenters. The average molecular weight is 242 g/mol. The highest BCUT2D eigenvalue weighted by atomic mass is 35.5. The van der Waals surface area contributed by atoms with E-state index in [-0.39, 0.29) is 0 Å². The molecule has 2 rings (SSSR count). The van der Waals surface area contributed by atoms with Crippen molar-refractivity contribution in [1.82, 2.24) is 14.3 Å². The molecule has 2 aromatic rings. The number of methoxy groups -OCH3 is 1. The zero-order chi connectivity index (χ0) is 10.8. The van der Waals surface area contributed by atoms with Gasteiger partial charge in [-0.15, -0.1) is 0 Å². The summed E-state index contributed by atoms with van der Waals surface area (Å²) >= 11 is 7.23. The maximum atomic E-state index is 5.91. The molecule has 0 spiro atoms. The molecule has 6 heteroatoms. The molecule has 0 bridgehead atoms. The van der Waals surface area contributed by atoms with E-state index < -0.39 is 0 Å². The minimum Gasteiger partial charge on any atom is -0.480 e. The highest BCUT2D eigenvalue weighted by Gasteiger charge is 2.11. The summed E-state index contributed by atoms with van der Waals surface area (Å²) in [6.45, 7) is 1.88. The molecular weight excluding hydrogens is 234 g/mol. The van der Waals surface area contributed by atoms with Gasteiger partial charge in [-0.2, -0.15) is 4.37 Å². The zero-order valence-electron chi connectivity index (χ0n) is 8.19. The summed E-state index contributed by atoms with van der Waals surface area (Å²) < 4.78 is 9.11. The van der Waals surface area contributed by atoms with E-state index in [4.69, 9.17) is 16.3 Å². The molecule has 0 N–H and O–H groups in total. The van der Waals surface area contributed by atoms with Crippen LogP contribution in [-0.4, -0.2) is 21.5 Å². The Bertz CT molecular complexity index is 486. The largest absolute Gasteiger partial charge is 0.480 e. The summed E-state index contributed by atoms with van der Waals surface area (Å²) in [5, 5.41) is 0.465. The second-order valence-corrected chi connectivity index (χ2v) is 4.03. The van der Waals surface area contributed by atoms with Crippen LogP contribution in [0.5, 0.6) is 5.88 Å². The predicted molar refractivity (Wildman–Crippen MR) is 59.4 cm³/mol. The number of rotatable bonds is 2. The van der Waals surface area contributed by atoms with Crippen LogP contribution >= 0.6 is 23.1 Å². The van der Waals surface area contributed by atoms with Crippen LogP contribution in [-0.2, 0) is 0 Å². The first-order valence-electron chi connectivity index (χ1n) is 4.20. The van der Waals surface area contributed by atoms with E-state index >= 15 is 0 Å². The molecule has 0 aromatic carbocycles. The average Bonchev–Trinajstić information content (AvgIpc) is 2.70. The molecular formula is C9H8ClN3OS. The highest BCUT2D eigenvalue weighted by Crippen LogP contribution is 2.30. The number of nitrogens with zero attached hydrogens (tertiary/aromatic N) is 3. The maximum Gasteiger partial charge on any atom is 0.225 e. The molecule has 78 valence electrons. The van der Waals surface area contributed by atoms with Gasteiger partial charge in [0, 0.05) is 11.6 Å². The number of ether oxygens (including phenoxy) is 1. The molecule has 0 saturated carbocycles. The summed E-state index contributed by atoms with van der Waals surface area (Å²) in [5.41, 5.74) is 1.65. The van der Waals surface area contributed by atoms with E-state index in [9.17, 15) is 0 Å². The van der Waals surface area contributed by atoms with Crippen molar-refractivity contribution in [3.63, 3.8) is 0 Å². The first kappa shape index (κ1) is 10.3. The van der Waals surface area contributed by atoms with Crippen molar-refractivity contribution >= 4 is 23.1 Å². The summed E-state index contributed by atoms with van der Waals surface area (Å²) in [4.78, 5) is 9.00. The van der Waals surface area contributed by atoms with Gasteiger partial charge in [0.2, 0.25) is 5.88 Å². The summed E-state index contributed by atoms with van der Waals surface area (Å²) in [6, 6.07) is 1.83. The Balaban J connectivity index is 2.49. The van der Waals surface area contributed by atoms with Gasteiger partial charge in [0.25, 0.3) is 0 Å². The van der Waals surface area contributed by atoms with Crippen molar-refractivity contribution in [2.24, 2.45) is 0 Å². The smallest absolute Gasteiger partial charge is 0.225 e. The van der Waals surface area contributed by atoms with E-state index in [0.29, 0.717) is 11.0 Å². The summed E-state index contributed by atoms with van der Waals surface area (Å²) in [5.74, 6) is 0.587. The zero-order valence-corrected chi connectivity index (χ0v) is 9.76. The fourth-order valence-corrected chi connectivity index (χ4v) is 2.04. The molecule has 0 unspecified atom stereocenters. The lowest BCUT2D eigenvalue weighted by Gasteiger charge is -2.01. The summed E-state index contributed by atoms with van der Waals surface area (Å²) in [6.07, 6.45) is 1.44. The van der Waals surface area contributed by atoms with Crippen LogP contribution in [0.25, 0.3) is 10.6 Å². The van der Waals surface area contributed by atoms with Crippen molar-refractivity contribution in [3.8, 4) is 16.5 Å². The third-order valence-electron chi connectivity index (χ3n) is 1.95. The molecule has 2 heterocycles. The third kappa shape index (κ3) is 1.93. The second-order valence-electron chi connectivity index (χ2n) is 2.87. The van der Waals surface area contributed by atoms with Gasteiger partial charge in [0.15, 0.2) is 0 Å². The maximum absolute atomic E-state index is 5.91. The first-order chi connectivity index (χ1) is 7.22. The molecule has 4 nitrogen and oxygen atoms in total. The minimum atomic E-state index is 0.465. The Morgan fingerprint density at radius 3 is 2.87 bits per heavy atom. The molecule has 0 saturated heterocycles. The van der Waals surface area contributed by atoms with Gasteiger partial charge in [0.05, 0.1) is 17.7 Å². The lowest BCUT2D eigenvalue weighted by Crippen LogP contribution is -1.89. The normalized spacial score (nSPS) is 10.3. The van der Waals surface area contributed by atoms with E-state index in [2.05, 4.69) is 14.3 Å². The minimum absolute atomic E-state index is 0.465. The SMILES string of the molecule is COc1cc(-c2ncnc(Cl)c2C)sn1. The predicted octanol–water partition coefficient (Wildman–Crippen LogP) is 2.57. The van der Waals surface area contributed by atoms with Gasteiger partial charge in [-0.3, -0.25) is 0 Å². The highest BCUT2D eigenvalue weighted by molar-refractivity contribution is 7.09. The fraction of sp³-hybridized carbons (Fsp3) is 0.222. The molecule has 0 amide bonds. The van der Waals surface area contributed by atoms with E-state index in [1.807, 2.05) is 13.0 Å². The Morgan fingerprint density at radius 1 is 1.40 bits per heavy atom. The molecule has 0 aliphatic rings. The third-order valence-corrected chi connectivity index (χ3v) is 3.11. The van der Waals surface area contributed by atoms with Crippen molar-refractivity contribution in [1.29, 1.82) is 0 Å². The van der Waals surface area contributed by atoms with Crippen molar-refractivity contribution in [3.05, 3.63) is 23.1 Å². The van der Waals surface area contributed by atoms with Crippen LogP contribution in [0.15, 0.2) is 12.4 Å². The Kier molecular flexibility index (Phi) is 2.83. The number of hydrogen-bond donors (Lipinski definition) is 0. The number of aromatic nitrogens is 3. The monoisotopic (exact) mass is 241 g/mol. The van der Waals surface area contributed by atoms with Gasteiger partial charge in [-0.25, -0.2) is 9.97 Å². The van der Waals surface area contributed by atoms with Crippen molar-refractivity contribution in [2.45, 2.75) is 6.92 Å². The molecule has 0 fully saturated rings. The first-order valence-corrected chi connectivity index (χ1v) is 5.35. The molecule has 2 aromatic heterocycles. The Morgan fingerprint density at radius 2 is 2.20 bits per heavy atom. The van der Waals surface area contributed by atoms with Crippen LogP contribution in [0.1, 0.15) is 5.56 Å². The molecule has 15 heavy (non-hydrogen) atoms. The van der Waals surface area contributed by atoms with Crippen LogP contribution < -0.4 is 4.74 Å². The molecule has 0 radical (unpaired) electrons. The standard InChI is InChI=1S/C9H8ClN3OS/c1-5-8(11-4-12-9(5)10)6-3-7(14-2)13-15-6/h3-4H,1-2H3. The summed E-state index contributed by atoms with van der Waals surface area (Å²) in [7, 11) is 1.58. The molecule has 0 aliphatic carbocycles. The van der Waals surface area contributed by atoms with E-state index in [1.54, 1.807) is 7.11 Å². The quantitative estimate of drug-likeness (QED) is 0.759. The number of hydrogen-bond acceptors (Lipinski definition) is 5. The van der Waals surface area contributed by atoms with Crippen LogP contribution in [0.2, 0.25) is 5.15 Å². The lowest BCUT2D eigenvalue weighted by atomic mass is 10.2. The fourth-order valence-electron chi connectivity index (χ4n) is 1.14. The van der Waals surface area contributed by atoms with Gasteiger partial charge in [-0.05, 0) is 18.5 Å².